The average Bonchev–Trinajstić information content (AvgIpc) is 1.96. The average molecular weight is 172 g/mol. The Hall–Kier alpha value is -0.760. The fourth-order valence-corrected chi connectivity index (χ4v) is 1.10. The van der Waals surface area contributed by atoms with E-state index >= 15 is 0 Å². The van der Waals surface area contributed by atoms with Gasteiger partial charge in [0.1, 0.15) is 5.02 Å². The van der Waals surface area contributed by atoms with Crippen molar-refractivity contribution in [3.8, 4) is 5.88 Å². The molecule has 0 bridgehead atoms. The van der Waals surface area contributed by atoms with Crippen molar-refractivity contribution in [2.75, 3.05) is 7.11 Å². The Kier molecular flexibility index (Phi) is 2.35. The molecular formula is C8H10ClNO. The van der Waals surface area contributed by atoms with Crippen LogP contribution in [0, 0.1) is 13.8 Å². The van der Waals surface area contributed by atoms with Crippen molar-refractivity contribution in [2.45, 2.75) is 13.8 Å². The van der Waals surface area contributed by atoms with Crippen LogP contribution >= 0.6 is 11.6 Å². The van der Waals surface area contributed by atoms with Crippen LogP contribution in [0.15, 0.2) is 6.07 Å². The highest BCUT2D eigenvalue weighted by Gasteiger charge is 2.04. The first-order valence-electron chi connectivity index (χ1n) is 3.33. The monoisotopic (exact) mass is 171 g/mol. The third-order valence-corrected chi connectivity index (χ3v) is 1.89. The van der Waals surface area contributed by atoms with Gasteiger partial charge in [-0.25, -0.2) is 4.98 Å². The lowest BCUT2D eigenvalue weighted by molar-refractivity contribution is 0.397. The Morgan fingerprint density at radius 3 is 2.64 bits per heavy atom. The van der Waals surface area contributed by atoms with Gasteiger partial charge in [0.25, 0.3) is 0 Å². The van der Waals surface area contributed by atoms with E-state index in [2.05, 4.69) is 4.98 Å². The molecule has 2 nitrogen and oxygen atoms in total. The van der Waals surface area contributed by atoms with Gasteiger partial charge in [-0.2, -0.15) is 0 Å². The molecule has 1 aromatic rings. The Morgan fingerprint density at radius 1 is 1.45 bits per heavy atom. The van der Waals surface area contributed by atoms with Gasteiger partial charge in [0.15, 0.2) is 0 Å². The number of pyridine rings is 1. The number of halogens is 1. The molecule has 0 fully saturated rings. The van der Waals surface area contributed by atoms with E-state index in [0.29, 0.717) is 10.9 Å². The van der Waals surface area contributed by atoms with Gasteiger partial charge in [-0.3, -0.25) is 0 Å². The van der Waals surface area contributed by atoms with E-state index in [1.54, 1.807) is 7.11 Å². The number of aryl methyl sites for hydroxylation is 2. The minimum absolute atomic E-state index is 0.504. The van der Waals surface area contributed by atoms with Crippen molar-refractivity contribution in [1.29, 1.82) is 0 Å². The number of aromatic nitrogens is 1. The van der Waals surface area contributed by atoms with E-state index in [1.165, 1.54) is 0 Å². The van der Waals surface area contributed by atoms with E-state index in [4.69, 9.17) is 16.3 Å². The van der Waals surface area contributed by atoms with Gasteiger partial charge in [0, 0.05) is 5.69 Å². The first-order chi connectivity index (χ1) is 5.15. The number of rotatable bonds is 1. The normalized spacial score (nSPS) is 9.82. The topological polar surface area (TPSA) is 22.1 Å². The molecule has 1 heterocycles. The van der Waals surface area contributed by atoms with Gasteiger partial charge in [-0.15, -0.1) is 0 Å². The molecule has 60 valence electrons. The van der Waals surface area contributed by atoms with Crippen LogP contribution in [0.25, 0.3) is 0 Å². The van der Waals surface area contributed by atoms with Crippen LogP contribution in [0.4, 0.5) is 0 Å². The van der Waals surface area contributed by atoms with Crippen molar-refractivity contribution in [2.24, 2.45) is 0 Å². The smallest absolute Gasteiger partial charge is 0.232 e. The molecule has 0 unspecified atom stereocenters. The van der Waals surface area contributed by atoms with E-state index in [0.717, 1.165) is 11.3 Å². The lowest BCUT2D eigenvalue weighted by Crippen LogP contribution is -1.92. The fraction of sp³-hybridized carbons (Fsp3) is 0.375. The number of hydrogen-bond acceptors (Lipinski definition) is 2. The molecule has 0 N–H and O–H groups in total. The van der Waals surface area contributed by atoms with Gasteiger partial charge in [-0.1, -0.05) is 11.6 Å². The van der Waals surface area contributed by atoms with Crippen LogP contribution < -0.4 is 4.74 Å². The minimum Gasteiger partial charge on any atom is -0.480 e. The maximum atomic E-state index is 5.88. The van der Waals surface area contributed by atoms with Gasteiger partial charge in [0.2, 0.25) is 5.88 Å². The van der Waals surface area contributed by atoms with E-state index in [9.17, 15) is 0 Å². The van der Waals surface area contributed by atoms with Crippen molar-refractivity contribution >= 4 is 11.6 Å². The highest BCUT2D eigenvalue weighted by atomic mass is 35.5. The number of nitrogens with zero attached hydrogens (tertiary/aromatic N) is 1. The molecule has 0 aliphatic rings. The van der Waals surface area contributed by atoms with E-state index in [1.807, 2.05) is 19.9 Å². The van der Waals surface area contributed by atoms with E-state index in [-0.39, 0.29) is 0 Å². The molecule has 0 saturated carbocycles. The third kappa shape index (κ3) is 1.63. The van der Waals surface area contributed by atoms with Gasteiger partial charge < -0.3 is 4.74 Å². The fourth-order valence-electron chi connectivity index (χ4n) is 0.922. The van der Waals surface area contributed by atoms with Crippen LogP contribution in [-0.4, -0.2) is 12.1 Å². The summed E-state index contributed by atoms with van der Waals surface area (Å²) in [6.07, 6.45) is 0. The molecular weight excluding hydrogens is 162 g/mol. The predicted octanol–water partition coefficient (Wildman–Crippen LogP) is 2.36. The summed E-state index contributed by atoms with van der Waals surface area (Å²) in [4.78, 5) is 4.10. The molecule has 3 heteroatoms. The van der Waals surface area contributed by atoms with Crippen LogP contribution in [0.2, 0.25) is 5.02 Å². The molecule has 0 aromatic carbocycles. The first kappa shape index (κ1) is 8.34. The van der Waals surface area contributed by atoms with Gasteiger partial charge in [0.05, 0.1) is 7.11 Å². The van der Waals surface area contributed by atoms with Crippen LogP contribution in [0.5, 0.6) is 5.88 Å². The van der Waals surface area contributed by atoms with Crippen LogP contribution in [0.1, 0.15) is 11.3 Å². The molecule has 0 radical (unpaired) electrons. The SMILES string of the molecule is COc1nc(C)cc(C)c1Cl. The molecule has 1 rings (SSSR count). The third-order valence-electron chi connectivity index (χ3n) is 1.43. The summed E-state index contributed by atoms with van der Waals surface area (Å²) in [6, 6.07) is 1.92. The summed E-state index contributed by atoms with van der Waals surface area (Å²) in [7, 11) is 1.56. The van der Waals surface area contributed by atoms with Crippen molar-refractivity contribution in [3.63, 3.8) is 0 Å². The number of methoxy groups -OCH3 is 1. The second-order valence-corrected chi connectivity index (χ2v) is 2.78. The zero-order chi connectivity index (χ0) is 8.43. The predicted molar refractivity (Wildman–Crippen MR) is 45.3 cm³/mol. The maximum absolute atomic E-state index is 5.88. The van der Waals surface area contributed by atoms with Crippen molar-refractivity contribution < 1.29 is 4.74 Å². The number of hydrogen-bond donors (Lipinski definition) is 0. The number of ether oxygens (including phenoxy) is 1. The lowest BCUT2D eigenvalue weighted by atomic mass is 10.2. The quantitative estimate of drug-likeness (QED) is 0.647. The molecule has 0 saturated heterocycles. The van der Waals surface area contributed by atoms with Crippen molar-refractivity contribution in [1.82, 2.24) is 4.98 Å². The summed E-state index contributed by atoms with van der Waals surface area (Å²) >= 11 is 5.88. The van der Waals surface area contributed by atoms with Gasteiger partial charge >= 0.3 is 0 Å². The Morgan fingerprint density at radius 2 is 2.09 bits per heavy atom. The molecule has 0 spiro atoms. The molecule has 0 atom stereocenters. The second-order valence-electron chi connectivity index (χ2n) is 2.40. The summed E-state index contributed by atoms with van der Waals surface area (Å²) in [5.41, 5.74) is 1.92. The molecule has 0 aliphatic heterocycles. The van der Waals surface area contributed by atoms with Gasteiger partial charge in [-0.05, 0) is 25.5 Å². The highest BCUT2D eigenvalue weighted by Crippen LogP contribution is 2.25. The molecule has 0 aliphatic carbocycles. The summed E-state index contributed by atoms with van der Waals surface area (Å²) < 4.78 is 4.96. The minimum atomic E-state index is 0.504. The molecule has 11 heavy (non-hydrogen) atoms. The summed E-state index contributed by atoms with van der Waals surface area (Å²) in [6.45, 7) is 3.84. The zero-order valence-electron chi connectivity index (χ0n) is 6.81. The Balaban J connectivity index is 3.24. The van der Waals surface area contributed by atoms with Crippen molar-refractivity contribution in [3.05, 3.63) is 22.3 Å². The zero-order valence-corrected chi connectivity index (χ0v) is 7.57. The lowest BCUT2D eigenvalue weighted by Gasteiger charge is -2.04. The molecule has 1 aromatic heterocycles. The van der Waals surface area contributed by atoms with Crippen LogP contribution in [-0.2, 0) is 0 Å². The summed E-state index contributed by atoms with van der Waals surface area (Å²) in [5.74, 6) is 0.504. The first-order valence-corrected chi connectivity index (χ1v) is 3.70. The van der Waals surface area contributed by atoms with Crippen LogP contribution in [0.3, 0.4) is 0 Å². The largest absolute Gasteiger partial charge is 0.480 e. The Labute approximate surface area is 71.2 Å². The van der Waals surface area contributed by atoms with E-state index < -0.39 is 0 Å². The summed E-state index contributed by atoms with van der Waals surface area (Å²) in [5, 5.41) is 0.595. The second kappa shape index (κ2) is 3.09. The Bertz CT molecular complexity index is 273. The molecule has 0 amide bonds. The highest BCUT2D eigenvalue weighted by molar-refractivity contribution is 6.32. The standard InChI is InChI=1S/C8H10ClNO/c1-5-4-6(2)10-8(11-3)7(5)9/h4H,1-3H3. The maximum Gasteiger partial charge on any atom is 0.232 e.